The summed E-state index contributed by atoms with van der Waals surface area (Å²) in [6, 6.07) is 0. The molecule has 2 amide bonds. The van der Waals surface area contributed by atoms with Crippen LogP contribution in [-0.4, -0.2) is 69.1 Å². The van der Waals surface area contributed by atoms with E-state index in [1.807, 2.05) is 6.92 Å². The average Bonchev–Trinajstić information content (AvgIpc) is 2.51. The predicted octanol–water partition coefficient (Wildman–Crippen LogP) is -0.698. The molecule has 1 fully saturated rings. The second kappa shape index (κ2) is 10.8. The van der Waals surface area contributed by atoms with Crippen molar-refractivity contribution >= 4 is 17.8 Å². The smallest absolute Gasteiger partial charge is 0.241 e. The van der Waals surface area contributed by atoms with Gasteiger partial charge in [-0.1, -0.05) is 0 Å². The van der Waals surface area contributed by atoms with E-state index >= 15 is 0 Å². The monoisotopic (exact) mass is 327 g/mol. The molecule has 0 bridgehead atoms. The number of guanidine groups is 1. The lowest BCUT2D eigenvalue weighted by Gasteiger charge is -2.34. The molecule has 1 aliphatic heterocycles. The van der Waals surface area contributed by atoms with Crippen LogP contribution in [0.4, 0.5) is 0 Å². The molecule has 1 rings (SSSR count). The van der Waals surface area contributed by atoms with Crippen molar-refractivity contribution in [1.82, 2.24) is 15.5 Å². The molecule has 1 unspecified atom stereocenters. The van der Waals surface area contributed by atoms with Crippen LogP contribution in [0.1, 0.15) is 26.2 Å². The lowest BCUT2D eigenvalue weighted by atomic mass is 9.95. The number of rotatable bonds is 8. The number of piperidine rings is 1. The number of carbonyl (C=O) groups excluding carboxylic acids is 2. The zero-order valence-electron chi connectivity index (χ0n) is 14.1. The van der Waals surface area contributed by atoms with Crippen LogP contribution in [-0.2, 0) is 14.3 Å². The highest BCUT2D eigenvalue weighted by Crippen LogP contribution is 2.19. The highest BCUT2D eigenvalue weighted by atomic mass is 16.5. The van der Waals surface area contributed by atoms with Crippen LogP contribution in [0.15, 0.2) is 4.99 Å². The topological polar surface area (TPSA) is 109 Å². The van der Waals surface area contributed by atoms with Gasteiger partial charge in [0, 0.05) is 39.7 Å². The van der Waals surface area contributed by atoms with Crippen molar-refractivity contribution < 1.29 is 14.3 Å². The first-order chi connectivity index (χ1) is 11.1. The second-order valence-electron chi connectivity index (χ2n) is 5.64. The number of nitrogens with one attached hydrogen (secondary N) is 2. The van der Waals surface area contributed by atoms with Gasteiger partial charge in [-0.25, -0.2) is 4.99 Å². The van der Waals surface area contributed by atoms with E-state index in [9.17, 15) is 9.59 Å². The van der Waals surface area contributed by atoms with Crippen LogP contribution < -0.4 is 16.4 Å². The molecule has 0 radical (unpaired) electrons. The van der Waals surface area contributed by atoms with Gasteiger partial charge >= 0.3 is 0 Å². The van der Waals surface area contributed by atoms with Gasteiger partial charge in [0.2, 0.25) is 11.8 Å². The average molecular weight is 327 g/mol. The van der Waals surface area contributed by atoms with Gasteiger partial charge in [0.25, 0.3) is 0 Å². The first kappa shape index (κ1) is 19.2. The number of likely N-dealkylation sites (tertiary alicyclic amines) is 1. The largest absolute Gasteiger partial charge is 0.383 e. The summed E-state index contributed by atoms with van der Waals surface area (Å²) in [5.41, 5.74) is 5.29. The van der Waals surface area contributed by atoms with Gasteiger partial charge in [0.1, 0.15) is 6.54 Å². The van der Waals surface area contributed by atoms with Gasteiger partial charge in [0.15, 0.2) is 5.96 Å². The molecular weight excluding hydrogens is 298 g/mol. The van der Waals surface area contributed by atoms with Crippen molar-refractivity contribution in [2.75, 3.05) is 46.4 Å². The maximum Gasteiger partial charge on any atom is 0.241 e. The number of hydrogen-bond acceptors (Lipinski definition) is 4. The van der Waals surface area contributed by atoms with E-state index in [0.717, 1.165) is 32.5 Å². The zero-order chi connectivity index (χ0) is 17.1. The number of ether oxygens (including phenoxy) is 1. The number of nitrogens with two attached hydrogens (primary N) is 1. The van der Waals surface area contributed by atoms with Gasteiger partial charge < -0.3 is 26.0 Å². The van der Waals surface area contributed by atoms with E-state index in [1.54, 1.807) is 7.11 Å². The molecule has 0 saturated carbocycles. The van der Waals surface area contributed by atoms with Crippen LogP contribution in [0.3, 0.4) is 0 Å². The van der Waals surface area contributed by atoms with Crippen LogP contribution in [0.2, 0.25) is 0 Å². The Morgan fingerprint density at radius 1 is 1.39 bits per heavy atom. The van der Waals surface area contributed by atoms with Crippen molar-refractivity contribution in [3.05, 3.63) is 0 Å². The first-order valence-electron chi connectivity index (χ1n) is 8.14. The zero-order valence-corrected chi connectivity index (χ0v) is 14.1. The van der Waals surface area contributed by atoms with E-state index in [1.165, 1.54) is 0 Å². The third-order valence-electron chi connectivity index (χ3n) is 3.64. The SMILES string of the molecule is CCNC(=NCC(=O)NCCOC)N1CCCC(CC(N)=O)C1. The predicted molar refractivity (Wildman–Crippen MR) is 89.0 cm³/mol. The fourth-order valence-electron chi connectivity index (χ4n) is 2.63. The summed E-state index contributed by atoms with van der Waals surface area (Å²) in [5, 5.41) is 5.94. The fraction of sp³-hybridized carbons (Fsp3) is 0.800. The number of hydrogen-bond donors (Lipinski definition) is 3. The Labute approximate surface area is 137 Å². The van der Waals surface area contributed by atoms with Crippen molar-refractivity contribution in [3.8, 4) is 0 Å². The Hall–Kier alpha value is -1.83. The van der Waals surface area contributed by atoms with E-state index in [0.29, 0.717) is 25.5 Å². The standard InChI is InChI=1S/C15H29N5O3/c1-3-17-15(19-10-14(22)18-6-8-23-2)20-7-4-5-12(11-20)9-13(16)21/h12H,3-11H2,1-2H3,(H2,16,21)(H,17,19)(H,18,22). The molecule has 0 aromatic heterocycles. The highest BCUT2D eigenvalue weighted by molar-refractivity contribution is 5.85. The Morgan fingerprint density at radius 2 is 2.17 bits per heavy atom. The van der Waals surface area contributed by atoms with Crippen molar-refractivity contribution in [1.29, 1.82) is 0 Å². The van der Waals surface area contributed by atoms with E-state index in [-0.39, 0.29) is 24.3 Å². The molecule has 0 aliphatic carbocycles. The van der Waals surface area contributed by atoms with E-state index < -0.39 is 0 Å². The Kier molecular flexibility index (Phi) is 9.04. The number of aliphatic imine (C=N–C) groups is 1. The van der Waals surface area contributed by atoms with Gasteiger partial charge in [-0.3, -0.25) is 9.59 Å². The van der Waals surface area contributed by atoms with Gasteiger partial charge in [0.05, 0.1) is 6.61 Å². The summed E-state index contributed by atoms with van der Waals surface area (Å²) in [6.07, 6.45) is 2.38. The first-order valence-corrected chi connectivity index (χ1v) is 8.14. The molecule has 8 heteroatoms. The second-order valence-corrected chi connectivity index (χ2v) is 5.64. The molecule has 1 saturated heterocycles. The lowest BCUT2D eigenvalue weighted by Crippen LogP contribution is -2.47. The molecule has 0 aromatic carbocycles. The molecule has 8 nitrogen and oxygen atoms in total. The summed E-state index contributed by atoms with van der Waals surface area (Å²) < 4.78 is 4.89. The molecule has 23 heavy (non-hydrogen) atoms. The molecular formula is C15H29N5O3. The van der Waals surface area contributed by atoms with Crippen molar-refractivity contribution in [3.63, 3.8) is 0 Å². The van der Waals surface area contributed by atoms with Gasteiger partial charge in [-0.05, 0) is 25.7 Å². The molecule has 1 aliphatic rings. The van der Waals surface area contributed by atoms with Gasteiger partial charge in [-0.15, -0.1) is 0 Å². The van der Waals surface area contributed by atoms with Gasteiger partial charge in [-0.2, -0.15) is 0 Å². The number of nitrogens with zero attached hydrogens (tertiary/aromatic N) is 2. The summed E-state index contributed by atoms with van der Waals surface area (Å²) >= 11 is 0. The number of carbonyl (C=O) groups is 2. The summed E-state index contributed by atoms with van der Waals surface area (Å²) in [5.74, 6) is 0.559. The third-order valence-corrected chi connectivity index (χ3v) is 3.64. The number of primary amides is 1. The highest BCUT2D eigenvalue weighted by Gasteiger charge is 2.23. The molecule has 4 N–H and O–H groups in total. The number of methoxy groups -OCH3 is 1. The number of amides is 2. The summed E-state index contributed by atoms with van der Waals surface area (Å²) in [4.78, 5) is 29.3. The summed E-state index contributed by atoms with van der Waals surface area (Å²) in [6.45, 7) is 5.35. The van der Waals surface area contributed by atoms with Crippen LogP contribution >= 0.6 is 0 Å². The maximum atomic E-state index is 11.7. The van der Waals surface area contributed by atoms with Crippen LogP contribution in [0, 0.1) is 5.92 Å². The fourth-order valence-corrected chi connectivity index (χ4v) is 2.63. The Morgan fingerprint density at radius 3 is 2.83 bits per heavy atom. The quantitative estimate of drug-likeness (QED) is 0.310. The minimum Gasteiger partial charge on any atom is -0.383 e. The van der Waals surface area contributed by atoms with Crippen LogP contribution in [0.5, 0.6) is 0 Å². The minimum absolute atomic E-state index is 0.0725. The minimum atomic E-state index is -0.267. The van der Waals surface area contributed by atoms with E-state index in [4.69, 9.17) is 10.5 Å². The molecule has 1 heterocycles. The molecule has 0 aromatic rings. The molecule has 1 atom stereocenters. The van der Waals surface area contributed by atoms with Crippen molar-refractivity contribution in [2.24, 2.45) is 16.6 Å². The molecule has 0 spiro atoms. The Bertz CT molecular complexity index is 414. The van der Waals surface area contributed by atoms with Crippen LogP contribution in [0.25, 0.3) is 0 Å². The third kappa shape index (κ3) is 7.83. The Balaban J connectivity index is 2.56. The lowest BCUT2D eigenvalue weighted by molar-refractivity contribution is -0.120. The maximum absolute atomic E-state index is 11.7. The summed E-state index contributed by atoms with van der Waals surface area (Å²) in [7, 11) is 1.59. The molecule has 132 valence electrons. The van der Waals surface area contributed by atoms with E-state index in [2.05, 4.69) is 20.5 Å². The van der Waals surface area contributed by atoms with Crippen molar-refractivity contribution in [2.45, 2.75) is 26.2 Å². The normalized spacial score (nSPS) is 18.6.